The van der Waals surface area contributed by atoms with Crippen LogP contribution in [0, 0.1) is 0 Å². The van der Waals surface area contributed by atoms with Gasteiger partial charge in [0.2, 0.25) is 0 Å². The van der Waals surface area contributed by atoms with E-state index in [1.807, 2.05) is 36.4 Å². The lowest BCUT2D eigenvalue weighted by atomic mass is 10.1. The molecule has 0 saturated heterocycles. The molecule has 1 aromatic heterocycles. The van der Waals surface area contributed by atoms with Crippen molar-refractivity contribution in [3.63, 3.8) is 0 Å². The van der Waals surface area contributed by atoms with Crippen molar-refractivity contribution in [1.82, 2.24) is 15.8 Å². The topological polar surface area (TPSA) is 66.4 Å². The van der Waals surface area contributed by atoms with E-state index in [9.17, 15) is 4.79 Å². The van der Waals surface area contributed by atoms with Gasteiger partial charge in [0.25, 0.3) is 5.91 Å². The molecule has 2 rings (SSSR count). The zero-order chi connectivity index (χ0) is 14.9. The fourth-order valence-electron chi connectivity index (χ4n) is 1.76. The summed E-state index contributed by atoms with van der Waals surface area (Å²) >= 11 is 0. The number of hydrogen-bond donors (Lipinski definition) is 2. The van der Waals surface area contributed by atoms with E-state index in [-0.39, 0.29) is 5.91 Å². The quantitative estimate of drug-likeness (QED) is 0.630. The van der Waals surface area contributed by atoms with E-state index in [1.165, 1.54) is 11.8 Å². The molecule has 0 aliphatic heterocycles. The molecule has 2 aromatic rings. The van der Waals surface area contributed by atoms with Crippen molar-refractivity contribution in [3.8, 4) is 0 Å². The first-order valence-corrected chi connectivity index (χ1v) is 6.82. The molecule has 0 fully saturated rings. The standard InChI is InChI=1S/C16H18N4O/c1-2-13-4-3-5-15(10-13)18-12-16(21)20-19-11-14-6-8-17-9-7-14/h3-10,12,19H,2,11H2,1H3,(H,20,21). The highest BCUT2D eigenvalue weighted by Crippen LogP contribution is 2.13. The molecule has 1 amide bonds. The Labute approximate surface area is 124 Å². The molecule has 0 aliphatic rings. The average molecular weight is 282 g/mol. The van der Waals surface area contributed by atoms with Crippen LogP contribution in [0.1, 0.15) is 18.1 Å². The van der Waals surface area contributed by atoms with E-state index < -0.39 is 0 Å². The van der Waals surface area contributed by atoms with Gasteiger partial charge in [0, 0.05) is 18.9 Å². The van der Waals surface area contributed by atoms with Gasteiger partial charge in [0.1, 0.15) is 0 Å². The zero-order valence-corrected chi connectivity index (χ0v) is 11.9. The second-order valence-corrected chi connectivity index (χ2v) is 4.48. The fraction of sp³-hybridized carbons (Fsp3) is 0.188. The van der Waals surface area contributed by atoms with E-state index in [0.717, 1.165) is 17.7 Å². The van der Waals surface area contributed by atoms with Crippen LogP contribution < -0.4 is 10.9 Å². The van der Waals surface area contributed by atoms with Gasteiger partial charge in [-0.1, -0.05) is 19.1 Å². The largest absolute Gasteiger partial charge is 0.286 e. The SMILES string of the molecule is CCc1cccc(N=CC(=O)NNCc2ccncc2)c1. The van der Waals surface area contributed by atoms with Crippen LogP contribution in [0.5, 0.6) is 0 Å². The van der Waals surface area contributed by atoms with Gasteiger partial charge in [-0.15, -0.1) is 0 Å². The predicted octanol–water partition coefficient (Wildman–Crippen LogP) is 2.17. The second kappa shape index (κ2) is 7.91. The predicted molar refractivity (Wildman–Crippen MR) is 83.2 cm³/mol. The minimum absolute atomic E-state index is 0.286. The summed E-state index contributed by atoms with van der Waals surface area (Å²) in [7, 11) is 0. The number of nitrogens with one attached hydrogen (secondary N) is 2. The summed E-state index contributed by atoms with van der Waals surface area (Å²) in [6, 6.07) is 11.6. The van der Waals surface area contributed by atoms with Crippen molar-refractivity contribution < 1.29 is 4.79 Å². The number of rotatable bonds is 6. The Hall–Kier alpha value is -2.53. The third kappa shape index (κ3) is 5.16. The van der Waals surface area contributed by atoms with Crippen LogP contribution in [-0.2, 0) is 17.8 Å². The molecule has 108 valence electrons. The molecule has 21 heavy (non-hydrogen) atoms. The Morgan fingerprint density at radius 2 is 2.05 bits per heavy atom. The average Bonchev–Trinajstić information content (AvgIpc) is 2.54. The highest BCUT2D eigenvalue weighted by Gasteiger charge is 1.97. The summed E-state index contributed by atoms with van der Waals surface area (Å²) < 4.78 is 0. The number of aryl methyl sites for hydroxylation is 1. The number of amides is 1. The summed E-state index contributed by atoms with van der Waals surface area (Å²) in [6.07, 6.45) is 5.64. The Kier molecular flexibility index (Phi) is 5.60. The maximum atomic E-state index is 11.6. The number of carbonyl (C=O) groups excluding carboxylic acids is 1. The smallest absolute Gasteiger partial charge is 0.276 e. The van der Waals surface area contributed by atoms with Crippen LogP contribution in [0.4, 0.5) is 5.69 Å². The van der Waals surface area contributed by atoms with Crippen LogP contribution in [0.3, 0.4) is 0 Å². The number of benzene rings is 1. The molecule has 0 spiro atoms. The van der Waals surface area contributed by atoms with Gasteiger partial charge in [0.05, 0.1) is 11.9 Å². The van der Waals surface area contributed by atoms with E-state index in [0.29, 0.717) is 6.54 Å². The third-order valence-electron chi connectivity index (χ3n) is 2.90. The highest BCUT2D eigenvalue weighted by molar-refractivity contribution is 6.26. The monoisotopic (exact) mass is 282 g/mol. The summed E-state index contributed by atoms with van der Waals surface area (Å²) in [5.74, 6) is -0.286. The van der Waals surface area contributed by atoms with Crippen LogP contribution in [0.15, 0.2) is 53.8 Å². The maximum absolute atomic E-state index is 11.6. The van der Waals surface area contributed by atoms with E-state index in [4.69, 9.17) is 0 Å². The second-order valence-electron chi connectivity index (χ2n) is 4.48. The number of aromatic nitrogens is 1. The molecule has 0 radical (unpaired) electrons. The van der Waals surface area contributed by atoms with Gasteiger partial charge in [-0.2, -0.15) is 0 Å². The summed E-state index contributed by atoms with van der Waals surface area (Å²) in [5.41, 5.74) is 8.42. The van der Waals surface area contributed by atoms with Gasteiger partial charge in [-0.25, -0.2) is 5.43 Å². The number of carbonyl (C=O) groups is 1. The lowest BCUT2D eigenvalue weighted by molar-refractivity contribution is -0.115. The van der Waals surface area contributed by atoms with Gasteiger partial charge < -0.3 is 0 Å². The van der Waals surface area contributed by atoms with Crippen molar-refractivity contribution >= 4 is 17.8 Å². The number of hydrazine groups is 1. The Bertz CT molecular complexity index is 611. The molecular formula is C16H18N4O. The summed E-state index contributed by atoms with van der Waals surface area (Å²) in [5, 5.41) is 0. The molecule has 0 aliphatic carbocycles. The highest BCUT2D eigenvalue weighted by atomic mass is 16.2. The first kappa shape index (κ1) is 14.9. The van der Waals surface area contributed by atoms with Gasteiger partial charge in [-0.3, -0.25) is 20.2 Å². The van der Waals surface area contributed by atoms with Crippen LogP contribution in [0.2, 0.25) is 0 Å². The van der Waals surface area contributed by atoms with Crippen molar-refractivity contribution in [2.24, 2.45) is 4.99 Å². The first-order chi connectivity index (χ1) is 10.3. The third-order valence-corrected chi connectivity index (χ3v) is 2.90. The van der Waals surface area contributed by atoms with Gasteiger partial charge in [0.15, 0.2) is 0 Å². The number of aliphatic imine (C=N–C) groups is 1. The molecule has 0 bridgehead atoms. The molecular weight excluding hydrogens is 264 g/mol. The minimum atomic E-state index is -0.286. The van der Waals surface area contributed by atoms with Crippen LogP contribution >= 0.6 is 0 Å². The van der Waals surface area contributed by atoms with Crippen molar-refractivity contribution in [1.29, 1.82) is 0 Å². The maximum Gasteiger partial charge on any atom is 0.276 e. The molecule has 1 heterocycles. The first-order valence-electron chi connectivity index (χ1n) is 6.82. The Morgan fingerprint density at radius 3 is 2.81 bits per heavy atom. The van der Waals surface area contributed by atoms with Crippen LogP contribution in [-0.4, -0.2) is 17.1 Å². The van der Waals surface area contributed by atoms with Crippen molar-refractivity contribution in [2.45, 2.75) is 19.9 Å². The van der Waals surface area contributed by atoms with E-state index >= 15 is 0 Å². The summed E-state index contributed by atoms with van der Waals surface area (Å²) in [4.78, 5) is 19.7. The number of pyridine rings is 1. The normalized spacial score (nSPS) is 10.7. The number of hydrogen-bond acceptors (Lipinski definition) is 4. The summed E-state index contributed by atoms with van der Waals surface area (Å²) in [6.45, 7) is 2.62. The zero-order valence-electron chi connectivity index (χ0n) is 11.9. The fourth-order valence-corrected chi connectivity index (χ4v) is 1.76. The van der Waals surface area contributed by atoms with E-state index in [2.05, 4.69) is 27.8 Å². The van der Waals surface area contributed by atoms with E-state index in [1.54, 1.807) is 12.4 Å². The lowest BCUT2D eigenvalue weighted by Crippen LogP contribution is -2.37. The molecule has 0 atom stereocenters. The lowest BCUT2D eigenvalue weighted by Gasteiger charge is -2.04. The Balaban J connectivity index is 1.79. The van der Waals surface area contributed by atoms with Crippen molar-refractivity contribution in [2.75, 3.05) is 0 Å². The van der Waals surface area contributed by atoms with Gasteiger partial charge >= 0.3 is 0 Å². The van der Waals surface area contributed by atoms with Crippen LogP contribution in [0.25, 0.3) is 0 Å². The molecule has 1 aromatic carbocycles. The molecule has 0 unspecified atom stereocenters. The molecule has 2 N–H and O–H groups in total. The van der Waals surface area contributed by atoms with Gasteiger partial charge in [-0.05, 0) is 41.8 Å². The minimum Gasteiger partial charge on any atom is -0.286 e. The molecule has 5 heteroatoms. The van der Waals surface area contributed by atoms with Crippen molar-refractivity contribution in [3.05, 3.63) is 59.9 Å². The Morgan fingerprint density at radius 1 is 1.24 bits per heavy atom. The number of nitrogens with zero attached hydrogens (tertiary/aromatic N) is 2. The molecule has 5 nitrogen and oxygen atoms in total. The molecule has 0 saturated carbocycles.